The summed E-state index contributed by atoms with van der Waals surface area (Å²) in [6.45, 7) is 6.49. The third kappa shape index (κ3) is 2.48. The summed E-state index contributed by atoms with van der Waals surface area (Å²) in [5.74, 6) is 0.917. The van der Waals surface area contributed by atoms with Crippen molar-refractivity contribution in [3.63, 3.8) is 0 Å². The maximum atomic E-state index is 5.90. The molecule has 1 aromatic heterocycles. The molecule has 5 heteroatoms. The summed E-state index contributed by atoms with van der Waals surface area (Å²) in [5.41, 5.74) is 6.43. The van der Waals surface area contributed by atoms with Gasteiger partial charge in [0.05, 0.1) is 10.7 Å². The fourth-order valence-corrected chi connectivity index (χ4v) is 2.73. The molecule has 2 rings (SSSR count). The molecule has 0 aliphatic carbocycles. The van der Waals surface area contributed by atoms with E-state index in [4.69, 9.17) is 17.3 Å². The van der Waals surface area contributed by atoms with E-state index in [1.807, 2.05) is 6.07 Å². The lowest BCUT2D eigenvalue weighted by Crippen LogP contribution is -2.56. The van der Waals surface area contributed by atoms with E-state index in [1.54, 1.807) is 6.20 Å². The first-order valence-electron chi connectivity index (χ1n) is 5.87. The van der Waals surface area contributed by atoms with Crippen LogP contribution in [-0.2, 0) is 0 Å². The van der Waals surface area contributed by atoms with Crippen molar-refractivity contribution in [2.75, 3.05) is 30.8 Å². The lowest BCUT2D eigenvalue weighted by Gasteiger charge is -2.44. The van der Waals surface area contributed by atoms with Gasteiger partial charge in [-0.15, -0.1) is 0 Å². The Bertz CT molecular complexity index is 397. The van der Waals surface area contributed by atoms with Crippen LogP contribution in [-0.4, -0.2) is 42.1 Å². The van der Waals surface area contributed by atoms with E-state index in [0.717, 1.165) is 18.9 Å². The topological polar surface area (TPSA) is 45.4 Å². The Labute approximate surface area is 107 Å². The van der Waals surface area contributed by atoms with E-state index in [0.29, 0.717) is 22.8 Å². The van der Waals surface area contributed by atoms with Gasteiger partial charge in [-0.05, 0) is 20.9 Å². The fraction of sp³-hybridized carbons (Fsp3) is 0.583. The summed E-state index contributed by atoms with van der Waals surface area (Å²) in [7, 11) is 2.15. The van der Waals surface area contributed by atoms with Crippen LogP contribution in [0, 0.1) is 0 Å². The molecule has 94 valence electrons. The van der Waals surface area contributed by atoms with Crippen LogP contribution in [0.25, 0.3) is 0 Å². The zero-order chi connectivity index (χ0) is 12.6. The molecule has 1 saturated heterocycles. The third-order valence-corrected chi connectivity index (χ3v) is 3.55. The predicted octanol–water partition coefficient (Wildman–Crippen LogP) is 1.85. The Kier molecular flexibility index (Phi) is 3.45. The summed E-state index contributed by atoms with van der Waals surface area (Å²) >= 11 is 5.90. The Morgan fingerprint density at radius 1 is 1.35 bits per heavy atom. The fourth-order valence-electron chi connectivity index (χ4n) is 2.62. The second-order valence-electron chi connectivity index (χ2n) is 4.89. The number of rotatable bonds is 1. The van der Waals surface area contributed by atoms with Crippen LogP contribution in [0.4, 0.5) is 11.5 Å². The Hall–Kier alpha value is -1.00. The number of hydrogen-bond donors (Lipinski definition) is 1. The molecule has 1 aliphatic rings. The molecule has 0 saturated carbocycles. The lowest BCUT2D eigenvalue weighted by atomic mass is 10.1. The molecule has 1 aromatic rings. The highest BCUT2D eigenvalue weighted by Gasteiger charge is 2.28. The van der Waals surface area contributed by atoms with Crippen molar-refractivity contribution in [1.29, 1.82) is 0 Å². The van der Waals surface area contributed by atoms with Gasteiger partial charge < -0.3 is 15.5 Å². The first-order chi connectivity index (χ1) is 7.99. The van der Waals surface area contributed by atoms with Crippen molar-refractivity contribution in [2.24, 2.45) is 0 Å². The van der Waals surface area contributed by atoms with Crippen molar-refractivity contribution in [2.45, 2.75) is 25.9 Å². The quantitative estimate of drug-likeness (QED) is 0.831. The molecule has 2 N–H and O–H groups in total. The molecule has 4 nitrogen and oxygen atoms in total. The standard InChI is InChI=1S/C12H19ClN4/c1-8-6-16(3)7-9(2)17(8)12-4-11(14)10(13)5-15-12/h4-5,8-9H,6-7H2,1-3H3,(H2,14,15)/t8-,9?/m0/s1. The number of aromatic nitrogens is 1. The Morgan fingerprint density at radius 3 is 2.47 bits per heavy atom. The van der Waals surface area contributed by atoms with Crippen molar-refractivity contribution in [3.05, 3.63) is 17.3 Å². The van der Waals surface area contributed by atoms with E-state index in [9.17, 15) is 0 Å². The van der Waals surface area contributed by atoms with Gasteiger partial charge in [0, 0.05) is 37.4 Å². The van der Waals surface area contributed by atoms with Crippen molar-refractivity contribution < 1.29 is 0 Å². The van der Waals surface area contributed by atoms with Crippen LogP contribution < -0.4 is 10.6 Å². The molecule has 0 spiro atoms. The SMILES string of the molecule is CC1CN(C)C[C@H](C)N1c1cc(N)c(Cl)cn1. The van der Waals surface area contributed by atoms with E-state index >= 15 is 0 Å². The van der Waals surface area contributed by atoms with Crippen molar-refractivity contribution in [3.8, 4) is 0 Å². The largest absolute Gasteiger partial charge is 0.397 e. The molecular formula is C12H19ClN4. The monoisotopic (exact) mass is 254 g/mol. The highest BCUT2D eigenvalue weighted by molar-refractivity contribution is 6.32. The van der Waals surface area contributed by atoms with Crippen molar-refractivity contribution >= 4 is 23.1 Å². The maximum Gasteiger partial charge on any atom is 0.131 e. The number of nitrogens with zero attached hydrogens (tertiary/aromatic N) is 3. The molecule has 1 aliphatic heterocycles. The highest BCUT2D eigenvalue weighted by atomic mass is 35.5. The number of nitrogen functional groups attached to an aromatic ring is 1. The van der Waals surface area contributed by atoms with Gasteiger partial charge in [-0.1, -0.05) is 11.6 Å². The normalized spacial score (nSPS) is 26.2. The molecule has 0 radical (unpaired) electrons. The van der Waals surface area contributed by atoms with E-state index < -0.39 is 0 Å². The number of pyridine rings is 1. The lowest BCUT2D eigenvalue weighted by molar-refractivity contribution is 0.239. The zero-order valence-corrected chi connectivity index (χ0v) is 11.3. The molecule has 2 heterocycles. The van der Waals surface area contributed by atoms with Gasteiger partial charge in [0.25, 0.3) is 0 Å². The van der Waals surface area contributed by atoms with Crippen LogP contribution in [0.2, 0.25) is 5.02 Å². The van der Waals surface area contributed by atoms with Gasteiger partial charge in [0.1, 0.15) is 5.82 Å². The van der Waals surface area contributed by atoms with Crippen LogP contribution >= 0.6 is 11.6 Å². The minimum absolute atomic E-state index is 0.428. The van der Waals surface area contributed by atoms with Crippen molar-refractivity contribution in [1.82, 2.24) is 9.88 Å². The van der Waals surface area contributed by atoms with E-state index in [2.05, 4.69) is 35.7 Å². The van der Waals surface area contributed by atoms with Crippen LogP contribution in [0.1, 0.15) is 13.8 Å². The number of hydrogen-bond acceptors (Lipinski definition) is 4. The summed E-state index contributed by atoms with van der Waals surface area (Å²) in [4.78, 5) is 9.03. The minimum Gasteiger partial charge on any atom is -0.397 e. The van der Waals surface area contributed by atoms with E-state index in [1.165, 1.54) is 0 Å². The average molecular weight is 255 g/mol. The molecule has 2 atom stereocenters. The van der Waals surface area contributed by atoms with Gasteiger partial charge in [-0.2, -0.15) is 0 Å². The maximum absolute atomic E-state index is 5.90. The molecular weight excluding hydrogens is 236 g/mol. The van der Waals surface area contributed by atoms with Gasteiger partial charge >= 0.3 is 0 Å². The molecule has 17 heavy (non-hydrogen) atoms. The zero-order valence-electron chi connectivity index (χ0n) is 10.5. The first-order valence-corrected chi connectivity index (χ1v) is 6.24. The van der Waals surface area contributed by atoms with Gasteiger partial charge in [0.15, 0.2) is 0 Å². The second-order valence-corrected chi connectivity index (χ2v) is 5.30. The molecule has 0 bridgehead atoms. The number of piperazine rings is 1. The summed E-state index contributed by atoms with van der Waals surface area (Å²) in [5, 5.41) is 0.517. The molecule has 1 unspecified atom stereocenters. The molecule has 1 fully saturated rings. The number of nitrogens with two attached hydrogens (primary N) is 1. The van der Waals surface area contributed by atoms with Crippen LogP contribution in [0.3, 0.4) is 0 Å². The van der Waals surface area contributed by atoms with Crippen LogP contribution in [0.15, 0.2) is 12.3 Å². The van der Waals surface area contributed by atoms with E-state index in [-0.39, 0.29) is 0 Å². The molecule has 0 amide bonds. The first kappa shape index (κ1) is 12.5. The summed E-state index contributed by atoms with van der Waals surface area (Å²) in [6, 6.07) is 2.72. The smallest absolute Gasteiger partial charge is 0.131 e. The summed E-state index contributed by atoms with van der Waals surface area (Å²) < 4.78 is 0. The van der Waals surface area contributed by atoms with Gasteiger partial charge in [-0.25, -0.2) is 4.98 Å². The molecule has 0 aromatic carbocycles. The van der Waals surface area contributed by atoms with Crippen LogP contribution in [0.5, 0.6) is 0 Å². The number of halogens is 1. The number of likely N-dealkylation sites (N-methyl/N-ethyl adjacent to an activating group) is 1. The highest BCUT2D eigenvalue weighted by Crippen LogP contribution is 2.27. The predicted molar refractivity (Wildman–Crippen MR) is 72.6 cm³/mol. The third-order valence-electron chi connectivity index (χ3n) is 3.24. The average Bonchev–Trinajstić information content (AvgIpc) is 2.21. The number of anilines is 2. The van der Waals surface area contributed by atoms with Gasteiger partial charge in [-0.3, -0.25) is 0 Å². The summed E-state index contributed by atoms with van der Waals surface area (Å²) in [6.07, 6.45) is 1.63. The minimum atomic E-state index is 0.428. The second kappa shape index (κ2) is 4.70. The Morgan fingerprint density at radius 2 is 1.94 bits per heavy atom. The Balaban J connectivity index is 2.28. The van der Waals surface area contributed by atoms with Gasteiger partial charge in [0.2, 0.25) is 0 Å².